The Bertz CT molecular complexity index is 512. The number of nitrogens with zero attached hydrogens (tertiary/aromatic N) is 2. The minimum absolute atomic E-state index is 0.209. The predicted octanol–water partition coefficient (Wildman–Crippen LogP) is 3.67. The Kier molecular flexibility index (Phi) is 3.70. The second kappa shape index (κ2) is 5.25. The van der Waals surface area contributed by atoms with Gasteiger partial charge in [-0.3, -0.25) is 4.68 Å². The summed E-state index contributed by atoms with van der Waals surface area (Å²) in [6.45, 7) is 9.17. The molecule has 0 atom stereocenters. The van der Waals surface area contributed by atoms with Gasteiger partial charge in [-0.25, -0.2) is 0 Å². The number of hydrogen-bond acceptors (Lipinski definition) is 2. The first-order valence-electron chi connectivity index (χ1n) is 6.41. The van der Waals surface area contributed by atoms with Crippen LogP contribution >= 0.6 is 0 Å². The molecule has 0 amide bonds. The van der Waals surface area contributed by atoms with Gasteiger partial charge in [0.25, 0.3) is 0 Å². The lowest BCUT2D eigenvalue weighted by Crippen LogP contribution is -2.05. The van der Waals surface area contributed by atoms with Crippen LogP contribution in [0, 0.1) is 6.92 Å². The molecule has 96 valence electrons. The van der Waals surface area contributed by atoms with Gasteiger partial charge in [-0.2, -0.15) is 5.10 Å². The third-order valence-electron chi connectivity index (χ3n) is 2.94. The van der Waals surface area contributed by atoms with E-state index >= 15 is 0 Å². The highest BCUT2D eigenvalue weighted by Crippen LogP contribution is 2.25. The van der Waals surface area contributed by atoms with Crippen molar-refractivity contribution in [1.29, 1.82) is 0 Å². The molecule has 3 heteroatoms. The summed E-state index contributed by atoms with van der Waals surface area (Å²) >= 11 is 0. The van der Waals surface area contributed by atoms with E-state index in [0.29, 0.717) is 0 Å². The van der Waals surface area contributed by atoms with E-state index in [4.69, 9.17) is 4.74 Å². The van der Waals surface area contributed by atoms with Crippen LogP contribution in [0.5, 0.6) is 5.75 Å². The zero-order valence-electron chi connectivity index (χ0n) is 11.5. The van der Waals surface area contributed by atoms with Crippen LogP contribution in [0.4, 0.5) is 0 Å². The summed E-state index contributed by atoms with van der Waals surface area (Å²) < 4.78 is 7.65. The second-order valence-electron chi connectivity index (χ2n) is 4.65. The van der Waals surface area contributed by atoms with Crippen LogP contribution in [-0.2, 0) is 6.54 Å². The summed E-state index contributed by atoms with van der Waals surface area (Å²) in [6, 6.07) is 8.19. The quantitative estimate of drug-likeness (QED) is 0.820. The average molecular weight is 244 g/mol. The van der Waals surface area contributed by atoms with Gasteiger partial charge in [0.15, 0.2) is 0 Å². The molecule has 0 aliphatic rings. The van der Waals surface area contributed by atoms with Crippen LogP contribution in [0.2, 0.25) is 0 Å². The van der Waals surface area contributed by atoms with Crippen molar-refractivity contribution in [3.63, 3.8) is 0 Å². The van der Waals surface area contributed by atoms with Crippen LogP contribution in [0.15, 0.2) is 30.5 Å². The number of aromatic nitrogens is 2. The third-order valence-corrected chi connectivity index (χ3v) is 2.94. The smallest absolute Gasteiger partial charge is 0.119 e. The highest BCUT2D eigenvalue weighted by atomic mass is 16.5. The third kappa shape index (κ3) is 2.55. The Morgan fingerprint density at radius 1 is 1.22 bits per heavy atom. The Balaban J connectivity index is 2.26. The molecule has 3 nitrogen and oxygen atoms in total. The SMILES string of the molecule is CCn1ncc(-c2ccc(OC(C)C)cc2)c1C. The normalized spacial score (nSPS) is 10.9. The molecule has 1 heterocycles. The average Bonchev–Trinajstić information content (AvgIpc) is 2.71. The fourth-order valence-electron chi connectivity index (χ4n) is 2.03. The van der Waals surface area contributed by atoms with Crippen LogP contribution in [-0.4, -0.2) is 15.9 Å². The molecule has 0 radical (unpaired) electrons. The molecule has 1 aromatic carbocycles. The first kappa shape index (κ1) is 12.7. The maximum absolute atomic E-state index is 5.64. The molecule has 0 saturated heterocycles. The first-order chi connectivity index (χ1) is 8.61. The predicted molar refractivity (Wildman–Crippen MR) is 73.8 cm³/mol. The Morgan fingerprint density at radius 3 is 2.39 bits per heavy atom. The van der Waals surface area contributed by atoms with Crippen LogP contribution in [0.25, 0.3) is 11.1 Å². The molecule has 0 fully saturated rings. The number of benzene rings is 1. The van der Waals surface area contributed by atoms with E-state index in [9.17, 15) is 0 Å². The molecule has 0 bridgehead atoms. The lowest BCUT2D eigenvalue weighted by molar-refractivity contribution is 0.242. The van der Waals surface area contributed by atoms with Crippen LogP contribution < -0.4 is 4.74 Å². The van der Waals surface area contributed by atoms with E-state index in [1.54, 1.807) is 0 Å². The molecule has 2 aromatic rings. The second-order valence-corrected chi connectivity index (χ2v) is 4.65. The van der Waals surface area contributed by atoms with E-state index < -0.39 is 0 Å². The van der Waals surface area contributed by atoms with Gasteiger partial charge >= 0.3 is 0 Å². The Morgan fingerprint density at radius 2 is 1.89 bits per heavy atom. The fourth-order valence-corrected chi connectivity index (χ4v) is 2.03. The zero-order valence-corrected chi connectivity index (χ0v) is 11.5. The maximum Gasteiger partial charge on any atom is 0.119 e. The summed E-state index contributed by atoms with van der Waals surface area (Å²) in [5.41, 5.74) is 3.58. The van der Waals surface area contributed by atoms with Gasteiger partial charge in [-0.1, -0.05) is 12.1 Å². The summed E-state index contributed by atoms with van der Waals surface area (Å²) in [6.07, 6.45) is 2.14. The van der Waals surface area contributed by atoms with E-state index in [-0.39, 0.29) is 6.10 Å². The molecule has 0 spiro atoms. The van der Waals surface area contributed by atoms with Crippen molar-refractivity contribution in [3.8, 4) is 16.9 Å². The van der Waals surface area contributed by atoms with Crippen molar-refractivity contribution >= 4 is 0 Å². The monoisotopic (exact) mass is 244 g/mol. The molecule has 1 aromatic heterocycles. The number of rotatable bonds is 4. The lowest BCUT2D eigenvalue weighted by atomic mass is 10.1. The van der Waals surface area contributed by atoms with Gasteiger partial charge in [0.1, 0.15) is 5.75 Å². The van der Waals surface area contributed by atoms with Gasteiger partial charge < -0.3 is 4.74 Å². The van der Waals surface area contributed by atoms with Crippen LogP contribution in [0.3, 0.4) is 0 Å². The minimum Gasteiger partial charge on any atom is -0.491 e. The van der Waals surface area contributed by atoms with Crippen molar-refractivity contribution < 1.29 is 4.74 Å². The van der Waals surface area contributed by atoms with Crippen molar-refractivity contribution in [2.24, 2.45) is 0 Å². The van der Waals surface area contributed by atoms with Gasteiger partial charge in [0.2, 0.25) is 0 Å². The molecule has 2 rings (SSSR count). The van der Waals surface area contributed by atoms with Gasteiger partial charge in [0.05, 0.1) is 12.3 Å². The topological polar surface area (TPSA) is 27.1 Å². The van der Waals surface area contributed by atoms with Gasteiger partial charge in [-0.15, -0.1) is 0 Å². The molecular formula is C15H20N2O. The standard InChI is InChI=1S/C15H20N2O/c1-5-17-12(4)15(10-16-17)13-6-8-14(9-7-13)18-11(2)3/h6-11H,5H2,1-4H3. The molecule has 0 N–H and O–H groups in total. The van der Waals surface area contributed by atoms with E-state index in [0.717, 1.165) is 12.3 Å². The largest absolute Gasteiger partial charge is 0.491 e. The van der Waals surface area contributed by atoms with Crippen molar-refractivity contribution in [3.05, 3.63) is 36.2 Å². The summed E-state index contributed by atoms with van der Waals surface area (Å²) in [5, 5.41) is 4.37. The van der Waals surface area contributed by atoms with E-state index in [2.05, 4.69) is 31.1 Å². The highest BCUT2D eigenvalue weighted by Gasteiger charge is 2.07. The van der Waals surface area contributed by atoms with Crippen molar-refractivity contribution in [2.75, 3.05) is 0 Å². The van der Waals surface area contributed by atoms with E-state index in [1.165, 1.54) is 16.8 Å². The highest BCUT2D eigenvalue weighted by molar-refractivity contribution is 5.65. The molecule has 18 heavy (non-hydrogen) atoms. The molecule has 0 aliphatic heterocycles. The lowest BCUT2D eigenvalue weighted by Gasteiger charge is -2.10. The molecular weight excluding hydrogens is 224 g/mol. The number of hydrogen-bond donors (Lipinski definition) is 0. The van der Waals surface area contributed by atoms with Gasteiger partial charge in [-0.05, 0) is 45.4 Å². The number of aryl methyl sites for hydroxylation is 1. The fraction of sp³-hybridized carbons (Fsp3) is 0.400. The van der Waals surface area contributed by atoms with Crippen molar-refractivity contribution in [1.82, 2.24) is 9.78 Å². The summed E-state index contributed by atoms with van der Waals surface area (Å²) in [7, 11) is 0. The summed E-state index contributed by atoms with van der Waals surface area (Å²) in [5.74, 6) is 0.911. The molecule has 0 saturated carbocycles. The molecule has 0 unspecified atom stereocenters. The summed E-state index contributed by atoms with van der Waals surface area (Å²) in [4.78, 5) is 0. The molecule has 0 aliphatic carbocycles. The van der Waals surface area contributed by atoms with E-state index in [1.807, 2.05) is 36.9 Å². The minimum atomic E-state index is 0.209. The Labute approximate surface area is 108 Å². The Hall–Kier alpha value is -1.77. The zero-order chi connectivity index (χ0) is 13.1. The van der Waals surface area contributed by atoms with Crippen molar-refractivity contribution in [2.45, 2.75) is 40.3 Å². The number of ether oxygens (including phenoxy) is 1. The first-order valence-corrected chi connectivity index (χ1v) is 6.41. The van der Waals surface area contributed by atoms with Gasteiger partial charge in [0, 0.05) is 17.8 Å². The maximum atomic E-state index is 5.64. The van der Waals surface area contributed by atoms with Crippen LogP contribution in [0.1, 0.15) is 26.5 Å².